The molecule has 0 radical (unpaired) electrons. The summed E-state index contributed by atoms with van der Waals surface area (Å²) in [5.74, 6) is -1.13. The van der Waals surface area contributed by atoms with Gasteiger partial charge in [0.2, 0.25) is 0 Å². The van der Waals surface area contributed by atoms with Crippen molar-refractivity contribution in [1.82, 2.24) is 5.32 Å². The SMILES string of the molecule is O=C(NCCc1ccccc1)c1ccc(C(=O)Nc2ccc(F)c(Cl)c2)cc1. The topological polar surface area (TPSA) is 58.2 Å². The van der Waals surface area contributed by atoms with E-state index in [9.17, 15) is 14.0 Å². The van der Waals surface area contributed by atoms with Crippen LogP contribution in [0.3, 0.4) is 0 Å². The predicted octanol–water partition coefficient (Wildman–Crippen LogP) is 4.70. The summed E-state index contributed by atoms with van der Waals surface area (Å²) < 4.78 is 13.2. The third-order valence-electron chi connectivity index (χ3n) is 4.13. The monoisotopic (exact) mass is 396 g/mol. The molecule has 0 fully saturated rings. The van der Waals surface area contributed by atoms with Gasteiger partial charge in [-0.05, 0) is 54.4 Å². The smallest absolute Gasteiger partial charge is 0.255 e. The largest absolute Gasteiger partial charge is 0.352 e. The number of hydrogen-bond donors (Lipinski definition) is 2. The molecule has 0 aliphatic heterocycles. The van der Waals surface area contributed by atoms with E-state index in [2.05, 4.69) is 10.6 Å². The van der Waals surface area contributed by atoms with Crippen LogP contribution in [0.15, 0.2) is 72.8 Å². The van der Waals surface area contributed by atoms with Crippen molar-refractivity contribution >= 4 is 29.1 Å². The highest BCUT2D eigenvalue weighted by Crippen LogP contribution is 2.20. The number of rotatable bonds is 6. The maximum atomic E-state index is 13.2. The Bertz CT molecular complexity index is 976. The Labute approximate surface area is 167 Å². The normalized spacial score (nSPS) is 10.4. The van der Waals surface area contributed by atoms with Crippen LogP contribution in [0.25, 0.3) is 0 Å². The molecule has 0 saturated carbocycles. The van der Waals surface area contributed by atoms with Gasteiger partial charge in [0, 0.05) is 23.4 Å². The van der Waals surface area contributed by atoms with Gasteiger partial charge in [-0.2, -0.15) is 0 Å². The molecule has 0 aliphatic carbocycles. The van der Waals surface area contributed by atoms with Gasteiger partial charge in [-0.15, -0.1) is 0 Å². The summed E-state index contributed by atoms with van der Waals surface area (Å²) in [6, 6.07) is 20.1. The van der Waals surface area contributed by atoms with E-state index in [0.717, 1.165) is 12.0 Å². The van der Waals surface area contributed by atoms with Gasteiger partial charge in [-0.1, -0.05) is 41.9 Å². The Morgan fingerprint density at radius 3 is 2.14 bits per heavy atom. The van der Waals surface area contributed by atoms with Gasteiger partial charge in [-0.3, -0.25) is 9.59 Å². The highest BCUT2D eigenvalue weighted by molar-refractivity contribution is 6.31. The van der Waals surface area contributed by atoms with E-state index in [-0.39, 0.29) is 16.8 Å². The van der Waals surface area contributed by atoms with Gasteiger partial charge in [0.15, 0.2) is 0 Å². The van der Waals surface area contributed by atoms with E-state index in [1.54, 1.807) is 24.3 Å². The second kappa shape index (κ2) is 9.15. The zero-order valence-corrected chi connectivity index (χ0v) is 15.7. The molecule has 0 atom stereocenters. The van der Waals surface area contributed by atoms with Crippen molar-refractivity contribution in [2.24, 2.45) is 0 Å². The minimum atomic E-state index is -0.553. The van der Waals surface area contributed by atoms with Gasteiger partial charge < -0.3 is 10.6 Å². The number of anilines is 1. The zero-order valence-electron chi connectivity index (χ0n) is 14.9. The molecular formula is C22H18ClFN2O2. The zero-order chi connectivity index (χ0) is 19.9. The number of halogens is 2. The number of carbonyl (C=O) groups excluding carboxylic acids is 2. The highest BCUT2D eigenvalue weighted by Gasteiger charge is 2.10. The second-order valence-electron chi connectivity index (χ2n) is 6.15. The third-order valence-corrected chi connectivity index (χ3v) is 4.42. The standard InChI is InChI=1S/C22H18ClFN2O2/c23-19-14-18(10-11-20(19)24)26-22(28)17-8-6-16(7-9-17)21(27)25-13-12-15-4-2-1-3-5-15/h1-11,14H,12-13H2,(H,25,27)(H,26,28). The lowest BCUT2D eigenvalue weighted by Gasteiger charge is -2.08. The van der Waals surface area contributed by atoms with Crippen LogP contribution in [0.2, 0.25) is 5.02 Å². The first kappa shape index (κ1) is 19.6. The van der Waals surface area contributed by atoms with E-state index >= 15 is 0 Å². The van der Waals surface area contributed by atoms with Crippen molar-refractivity contribution in [3.8, 4) is 0 Å². The van der Waals surface area contributed by atoms with Gasteiger partial charge in [-0.25, -0.2) is 4.39 Å². The molecule has 0 spiro atoms. The van der Waals surface area contributed by atoms with Crippen LogP contribution in [0.5, 0.6) is 0 Å². The van der Waals surface area contributed by atoms with Crippen LogP contribution in [0, 0.1) is 5.82 Å². The summed E-state index contributed by atoms with van der Waals surface area (Å²) in [6.45, 7) is 0.524. The van der Waals surface area contributed by atoms with E-state index < -0.39 is 5.82 Å². The summed E-state index contributed by atoms with van der Waals surface area (Å²) in [5.41, 5.74) is 2.38. The average Bonchev–Trinajstić information content (AvgIpc) is 2.71. The van der Waals surface area contributed by atoms with Crippen molar-refractivity contribution in [3.63, 3.8) is 0 Å². The molecule has 2 amide bonds. The maximum Gasteiger partial charge on any atom is 0.255 e. The van der Waals surface area contributed by atoms with Crippen LogP contribution in [0.1, 0.15) is 26.3 Å². The summed E-state index contributed by atoms with van der Waals surface area (Å²) >= 11 is 5.71. The molecule has 0 aliphatic rings. The van der Waals surface area contributed by atoms with Crippen molar-refractivity contribution in [3.05, 3.63) is 100 Å². The van der Waals surface area contributed by atoms with E-state index in [1.165, 1.54) is 18.2 Å². The number of amides is 2. The fourth-order valence-corrected chi connectivity index (χ4v) is 2.80. The molecule has 2 N–H and O–H groups in total. The molecule has 0 bridgehead atoms. The summed E-state index contributed by atoms with van der Waals surface area (Å²) in [6.07, 6.45) is 0.743. The van der Waals surface area contributed by atoms with Gasteiger partial charge in [0.25, 0.3) is 11.8 Å². The summed E-state index contributed by atoms with van der Waals surface area (Å²) in [4.78, 5) is 24.5. The van der Waals surface area contributed by atoms with Gasteiger partial charge >= 0.3 is 0 Å². The first-order valence-electron chi connectivity index (χ1n) is 8.71. The maximum absolute atomic E-state index is 13.2. The van der Waals surface area contributed by atoms with Crippen LogP contribution in [-0.2, 0) is 6.42 Å². The molecule has 3 aromatic rings. The molecule has 0 saturated heterocycles. The molecule has 6 heteroatoms. The summed E-state index contributed by atoms with van der Waals surface area (Å²) in [5, 5.41) is 5.43. The molecule has 0 unspecified atom stereocenters. The van der Waals surface area contributed by atoms with Crippen LogP contribution < -0.4 is 10.6 Å². The Morgan fingerprint density at radius 1 is 0.857 bits per heavy atom. The molecule has 142 valence electrons. The Morgan fingerprint density at radius 2 is 1.50 bits per heavy atom. The fraction of sp³-hybridized carbons (Fsp3) is 0.0909. The molecule has 0 heterocycles. The minimum Gasteiger partial charge on any atom is -0.352 e. The van der Waals surface area contributed by atoms with Gasteiger partial charge in [0.05, 0.1) is 5.02 Å². The third kappa shape index (κ3) is 5.18. The van der Waals surface area contributed by atoms with Crippen molar-refractivity contribution in [2.45, 2.75) is 6.42 Å². The fourth-order valence-electron chi connectivity index (χ4n) is 2.62. The minimum absolute atomic E-state index is 0.0691. The highest BCUT2D eigenvalue weighted by atomic mass is 35.5. The lowest BCUT2D eigenvalue weighted by atomic mass is 10.1. The van der Waals surface area contributed by atoms with Crippen molar-refractivity contribution < 1.29 is 14.0 Å². The Hall–Kier alpha value is -3.18. The van der Waals surface area contributed by atoms with E-state index in [4.69, 9.17) is 11.6 Å². The quantitative estimate of drug-likeness (QED) is 0.634. The van der Waals surface area contributed by atoms with Crippen molar-refractivity contribution in [2.75, 3.05) is 11.9 Å². The Kier molecular flexibility index (Phi) is 6.40. The Balaban J connectivity index is 1.55. The molecule has 3 aromatic carbocycles. The first-order valence-corrected chi connectivity index (χ1v) is 9.09. The van der Waals surface area contributed by atoms with E-state index in [1.807, 2.05) is 30.3 Å². The molecule has 0 aromatic heterocycles. The predicted molar refractivity (Wildman–Crippen MR) is 108 cm³/mol. The van der Waals surface area contributed by atoms with Crippen LogP contribution in [-0.4, -0.2) is 18.4 Å². The molecule has 4 nitrogen and oxygen atoms in total. The molecule has 3 rings (SSSR count). The first-order chi connectivity index (χ1) is 13.5. The average molecular weight is 397 g/mol. The van der Waals surface area contributed by atoms with Crippen molar-refractivity contribution in [1.29, 1.82) is 0 Å². The number of hydrogen-bond acceptors (Lipinski definition) is 2. The summed E-state index contributed by atoms with van der Waals surface area (Å²) in [7, 11) is 0. The van der Waals surface area contributed by atoms with Gasteiger partial charge in [0.1, 0.15) is 5.82 Å². The lowest BCUT2D eigenvalue weighted by molar-refractivity contribution is 0.0952. The second-order valence-corrected chi connectivity index (χ2v) is 6.56. The number of benzene rings is 3. The van der Waals surface area contributed by atoms with E-state index in [0.29, 0.717) is 23.4 Å². The lowest BCUT2D eigenvalue weighted by Crippen LogP contribution is -2.25. The number of nitrogens with one attached hydrogen (secondary N) is 2. The van der Waals surface area contributed by atoms with Crippen LogP contribution in [0.4, 0.5) is 10.1 Å². The number of carbonyl (C=O) groups is 2. The molecule has 28 heavy (non-hydrogen) atoms. The van der Waals surface area contributed by atoms with Crippen LogP contribution >= 0.6 is 11.6 Å². The molecular weight excluding hydrogens is 379 g/mol.